The van der Waals surface area contributed by atoms with E-state index in [0.29, 0.717) is 0 Å². The van der Waals surface area contributed by atoms with Crippen molar-refractivity contribution in [3.63, 3.8) is 0 Å². The minimum absolute atomic E-state index is 0.194. The normalized spacial score (nSPS) is 9.18. The van der Waals surface area contributed by atoms with Crippen LogP contribution >= 0.6 is 27.5 Å². The third kappa shape index (κ3) is 1.44. The van der Waals surface area contributed by atoms with Crippen LogP contribution in [-0.2, 0) is 0 Å². The lowest BCUT2D eigenvalue weighted by atomic mass is 10.3. The fourth-order valence-electron chi connectivity index (χ4n) is 0.558. The van der Waals surface area contributed by atoms with E-state index in [1.54, 1.807) is 0 Å². The molecule has 0 aliphatic heterocycles. The number of nitrogens with zero attached hydrogens (tertiary/aromatic N) is 2. The highest BCUT2D eigenvalue weighted by Gasteiger charge is 2.09. The van der Waals surface area contributed by atoms with Crippen molar-refractivity contribution < 1.29 is 5.11 Å². The van der Waals surface area contributed by atoms with Gasteiger partial charge in [0.1, 0.15) is 6.07 Å². The van der Waals surface area contributed by atoms with E-state index in [4.69, 9.17) is 22.0 Å². The summed E-state index contributed by atoms with van der Waals surface area (Å²) in [7, 11) is 0. The Morgan fingerprint density at radius 2 is 2.36 bits per heavy atom. The summed E-state index contributed by atoms with van der Waals surface area (Å²) in [6.07, 6.45) is 1.22. The minimum atomic E-state index is -0.231. The molecule has 0 fully saturated rings. The van der Waals surface area contributed by atoms with Crippen molar-refractivity contribution in [3.8, 4) is 11.9 Å². The van der Waals surface area contributed by atoms with Crippen LogP contribution in [0.1, 0.15) is 5.56 Å². The zero-order valence-corrected chi connectivity index (χ0v) is 7.52. The average molecular weight is 233 g/mol. The Labute approximate surface area is 76.4 Å². The average Bonchev–Trinajstić information content (AvgIpc) is 1.99. The number of aromatic nitrogens is 1. The van der Waals surface area contributed by atoms with Gasteiger partial charge >= 0.3 is 0 Å². The van der Waals surface area contributed by atoms with Gasteiger partial charge in [-0.15, -0.1) is 0 Å². The maximum absolute atomic E-state index is 8.99. The lowest BCUT2D eigenvalue weighted by Gasteiger charge is -1.98. The molecule has 56 valence electrons. The van der Waals surface area contributed by atoms with E-state index in [9.17, 15) is 0 Å². The molecule has 0 bridgehead atoms. The molecule has 0 atom stereocenters. The number of rotatable bonds is 0. The van der Waals surface area contributed by atoms with Crippen molar-refractivity contribution in [2.75, 3.05) is 0 Å². The number of aromatic hydroxyl groups is 1. The summed E-state index contributed by atoms with van der Waals surface area (Å²) in [6, 6.07) is 1.83. The summed E-state index contributed by atoms with van der Waals surface area (Å²) in [6.45, 7) is 0. The predicted octanol–water partition coefficient (Wildman–Crippen LogP) is 2.07. The maximum Gasteiger partial charge on any atom is 0.226 e. The van der Waals surface area contributed by atoms with E-state index in [2.05, 4.69) is 20.9 Å². The van der Waals surface area contributed by atoms with Crippen molar-refractivity contribution in [3.05, 3.63) is 21.3 Å². The van der Waals surface area contributed by atoms with Gasteiger partial charge in [-0.2, -0.15) is 5.26 Å². The van der Waals surface area contributed by atoms with Gasteiger partial charge in [-0.25, -0.2) is 4.98 Å². The molecule has 0 radical (unpaired) electrons. The molecule has 3 nitrogen and oxygen atoms in total. The smallest absolute Gasteiger partial charge is 0.226 e. The molecular formula is C6H2BrClN2O. The first-order valence-corrected chi connectivity index (χ1v) is 3.77. The van der Waals surface area contributed by atoms with Crippen LogP contribution in [0.3, 0.4) is 0 Å². The molecule has 0 unspecified atom stereocenters. The molecule has 1 N–H and O–H groups in total. The highest BCUT2D eigenvalue weighted by molar-refractivity contribution is 9.10. The van der Waals surface area contributed by atoms with Gasteiger partial charge in [0.2, 0.25) is 5.88 Å². The van der Waals surface area contributed by atoms with E-state index in [-0.39, 0.29) is 20.9 Å². The van der Waals surface area contributed by atoms with E-state index < -0.39 is 0 Å². The molecule has 0 aliphatic carbocycles. The van der Waals surface area contributed by atoms with Crippen molar-refractivity contribution >= 4 is 27.5 Å². The van der Waals surface area contributed by atoms with Gasteiger partial charge in [0.25, 0.3) is 0 Å². The first kappa shape index (κ1) is 8.31. The second kappa shape index (κ2) is 3.07. The number of halogens is 2. The third-order valence-corrected chi connectivity index (χ3v) is 2.10. The number of hydrogen-bond acceptors (Lipinski definition) is 3. The SMILES string of the molecule is N#Cc1c(Cl)cnc(O)c1Br. The van der Waals surface area contributed by atoms with Crippen LogP contribution in [-0.4, -0.2) is 10.1 Å². The molecule has 1 aromatic heterocycles. The number of nitriles is 1. The molecule has 11 heavy (non-hydrogen) atoms. The Balaban J connectivity index is 3.44. The maximum atomic E-state index is 8.99. The quantitative estimate of drug-likeness (QED) is 0.746. The molecule has 0 spiro atoms. The topological polar surface area (TPSA) is 56.9 Å². The molecule has 5 heteroatoms. The summed E-state index contributed by atoms with van der Waals surface area (Å²) in [4.78, 5) is 3.51. The molecule has 0 aliphatic rings. The number of pyridine rings is 1. The summed E-state index contributed by atoms with van der Waals surface area (Å²) in [5, 5.41) is 17.7. The second-order valence-electron chi connectivity index (χ2n) is 1.73. The van der Waals surface area contributed by atoms with Crippen LogP contribution in [0.5, 0.6) is 5.88 Å². The van der Waals surface area contributed by atoms with Crippen LogP contribution in [0.2, 0.25) is 5.02 Å². The van der Waals surface area contributed by atoms with Gasteiger partial charge in [-0.1, -0.05) is 11.6 Å². The largest absolute Gasteiger partial charge is 0.492 e. The fourth-order valence-corrected chi connectivity index (χ4v) is 1.26. The third-order valence-electron chi connectivity index (χ3n) is 1.07. The van der Waals surface area contributed by atoms with E-state index in [1.165, 1.54) is 6.20 Å². The Bertz CT molecular complexity index is 334. The van der Waals surface area contributed by atoms with E-state index >= 15 is 0 Å². The minimum Gasteiger partial charge on any atom is -0.492 e. The first-order valence-electron chi connectivity index (χ1n) is 2.60. The predicted molar refractivity (Wildman–Crippen MR) is 43.3 cm³/mol. The zero-order chi connectivity index (χ0) is 8.43. The lowest BCUT2D eigenvalue weighted by molar-refractivity contribution is 0.449. The van der Waals surface area contributed by atoms with Gasteiger partial charge < -0.3 is 5.11 Å². The van der Waals surface area contributed by atoms with Crippen LogP contribution < -0.4 is 0 Å². The molecule has 1 rings (SSSR count). The molecule has 0 saturated carbocycles. The van der Waals surface area contributed by atoms with E-state index in [0.717, 1.165) is 0 Å². The van der Waals surface area contributed by atoms with Crippen LogP contribution in [0, 0.1) is 11.3 Å². The summed E-state index contributed by atoms with van der Waals surface area (Å²) in [5.41, 5.74) is 0.194. The van der Waals surface area contributed by atoms with Crippen molar-refractivity contribution in [1.29, 1.82) is 5.26 Å². The highest BCUT2D eigenvalue weighted by Crippen LogP contribution is 2.29. The monoisotopic (exact) mass is 232 g/mol. The molecule has 1 heterocycles. The Kier molecular flexibility index (Phi) is 2.32. The summed E-state index contributed by atoms with van der Waals surface area (Å²) >= 11 is 8.55. The Morgan fingerprint density at radius 1 is 1.73 bits per heavy atom. The highest BCUT2D eigenvalue weighted by atomic mass is 79.9. The molecule has 1 aromatic rings. The van der Waals surface area contributed by atoms with Crippen LogP contribution in [0.15, 0.2) is 10.7 Å². The first-order chi connectivity index (χ1) is 5.16. The van der Waals surface area contributed by atoms with Crippen LogP contribution in [0.25, 0.3) is 0 Å². The van der Waals surface area contributed by atoms with Gasteiger partial charge in [0, 0.05) is 0 Å². The summed E-state index contributed by atoms with van der Waals surface area (Å²) < 4.78 is 0.229. The number of hydrogen-bond donors (Lipinski definition) is 1. The van der Waals surface area contributed by atoms with Gasteiger partial charge in [-0.3, -0.25) is 0 Å². The van der Waals surface area contributed by atoms with Gasteiger partial charge in [0.15, 0.2) is 0 Å². The van der Waals surface area contributed by atoms with Crippen molar-refractivity contribution in [2.45, 2.75) is 0 Å². The second-order valence-corrected chi connectivity index (χ2v) is 2.93. The van der Waals surface area contributed by atoms with Crippen LogP contribution in [0.4, 0.5) is 0 Å². The van der Waals surface area contributed by atoms with Crippen molar-refractivity contribution in [2.24, 2.45) is 0 Å². The molecular weight excluding hydrogens is 231 g/mol. The zero-order valence-electron chi connectivity index (χ0n) is 5.17. The Hall–Kier alpha value is -0.790. The van der Waals surface area contributed by atoms with E-state index in [1.807, 2.05) is 6.07 Å². The van der Waals surface area contributed by atoms with Gasteiger partial charge in [-0.05, 0) is 15.9 Å². The molecule has 0 aromatic carbocycles. The lowest BCUT2D eigenvalue weighted by Crippen LogP contribution is -1.83. The Morgan fingerprint density at radius 3 is 2.82 bits per heavy atom. The molecule has 0 saturated heterocycles. The van der Waals surface area contributed by atoms with Gasteiger partial charge in [0.05, 0.1) is 21.3 Å². The molecule has 0 amide bonds. The standard InChI is InChI=1S/C6H2BrClN2O/c7-5-3(1-9)4(8)2-10-6(5)11/h2H,(H,10,11). The summed E-state index contributed by atoms with van der Waals surface area (Å²) in [5.74, 6) is -0.231. The van der Waals surface area contributed by atoms with Crippen molar-refractivity contribution in [1.82, 2.24) is 4.98 Å². The fraction of sp³-hybridized carbons (Fsp3) is 0.